The van der Waals surface area contributed by atoms with E-state index in [1.807, 2.05) is 4.90 Å². The number of benzene rings is 2. The third-order valence-electron chi connectivity index (χ3n) is 4.37. The largest absolute Gasteiger partial charge is 0.341 e. The van der Waals surface area contributed by atoms with Crippen LogP contribution in [0.2, 0.25) is 0 Å². The summed E-state index contributed by atoms with van der Waals surface area (Å²) in [7, 11) is 0. The summed E-state index contributed by atoms with van der Waals surface area (Å²) in [5.41, 5.74) is 1.29. The Balaban J connectivity index is 0.00000192. The van der Waals surface area contributed by atoms with Gasteiger partial charge in [-0.1, -0.05) is 42.8 Å². The van der Waals surface area contributed by atoms with Gasteiger partial charge in [0.15, 0.2) is 0 Å². The Morgan fingerprint density at radius 1 is 1.00 bits per heavy atom. The second-order valence-electron chi connectivity index (χ2n) is 6.05. The van der Waals surface area contributed by atoms with Gasteiger partial charge in [0.1, 0.15) is 0 Å². The van der Waals surface area contributed by atoms with Crippen molar-refractivity contribution >= 4 is 29.1 Å². The number of nitrogens with one attached hydrogen (secondary N) is 1. The molecule has 1 aliphatic heterocycles. The van der Waals surface area contributed by atoms with Crippen molar-refractivity contribution in [3.8, 4) is 0 Å². The number of hydrogen-bond acceptors (Lipinski definition) is 2. The van der Waals surface area contributed by atoms with Gasteiger partial charge in [-0.15, -0.1) is 12.4 Å². The lowest BCUT2D eigenvalue weighted by atomic mass is 10.1. The Hall–Kier alpha value is -1.58. The summed E-state index contributed by atoms with van der Waals surface area (Å²) in [6, 6.07) is 15.0. The summed E-state index contributed by atoms with van der Waals surface area (Å²) in [6.07, 6.45) is 4.12. The molecule has 0 aromatic heterocycles. The topological polar surface area (TPSA) is 32.3 Å². The van der Waals surface area contributed by atoms with Crippen molar-refractivity contribution in [2.45, 2.75) is 32.2 Å². The molecule has 0 spiro atoms. The molecule has 4 heteroatoms. The highest BCUT2D eigenvalue weighted by molar-refractivity contribution is 5.85. The normalized spacial score (nSPS) is 15.3. The van der Waals surface area contributed by atoms with Crippen molar-refractivity contribution in [3.63, 3.8) is 0 Å². The quantitative estimate of drug-likeness (QED) is 0.846. The van der Waals surface area contributed by atoms with Gasteiger partial charge in [0.2, 0.25) is 5.91 Å². The molecule has 0 bridgehead atoms. The molecule has 3 nitrogen and oxygen atoms in total. The summed E-state index contributed by atoms with van der Waals surface area (Å²) >= 11 is 0. The van der Waals surface area contributed by atoms with Gasteiger partial charge < -0.3 is 10.2 Å². The summed E-state index contributed by atoms with van der Waals surface area (Å²) < 4.78 is 0. The first-order valence-corrected chi connectivity index (χ1v) is 8.29. The van der Waals surface area contributed by atoms with Crippen LogP contribution >= 0.6 is 12.4 Å². The van der Waals surface area contributed by atoms with Crippen LogP contribution in [0.15, 0.2) is 42.5 Å². The SMILES string of the molecule is Cl.O=C1CCCCCN1CCNCc1ccc2ccccc2c1. The summed E-state index contributed by atoms with van der Waals surface area (Å²) in [6.45, 7) is 3.47. The number of amides is 1. The number of fused-ring (bicyclic) bond motifs is 1. The van der Waals surface area contributed by atoms with E-state index in [2.05, 4.69) is 47.8 Å². The molecule has 0 atom stereocenters. The van der Waals surface area contributed by atoms with Crippen molar-refractivity contribution in [1.82, 2.24) is 10.2 Å². The van der Waals surface area contributed by atoms with E-state index in [1.54, 1.807) is 0 Å². The lowest BCUT2D eigenvalue weighted by Gasteiger charge is -2.20. The zero-order valence-corrected chi connectivity index (χ0v) is 14.3. The van der Waals surface area contributed by atoms with Crippen molar-refractivity contribution in [3.05, 3.63) is 48.0 Å². The Morgan fingerprint density at radius 2 is 1.83 bits per heavy atom. The number of carbonyl (C=O) groups is 1. The van der Waals surface area contributed by atoms with Gasteiger partial charge in [-0.25, -0.2) is 0 Å². The standard InChI is InChI=1S/C19H24N2O.ClH/c22-19-8-2-1-5-12-21(19)13-11-20-15-16-9-10-17-6-3-4-7-18(17)14-16;/h3-4,6-7,9-10,14,20H,1-2,5,8,11-13,15H2;1H. The van der Waals surface area contributed by atoms with Gasteiger partial charge >= 0.3 is 0 Å². The average molecular weight is 333 g/mol. The monoisotopic (exact) mass is 332 g/mol. The van der Waals surface area contributed by atoms with Crippen LogP contribution in [0.1, 0.15) is 31.2 Å². The zero-order chi connectivity index (χ0) is 15.2. The smallest absolute Gasteiger partial charge is 0.222 e. The van der Waals surface area contributed by atoms with Gasteiger partial charge in [0.25, 0.3) is 0 Å². The maximum Gasteiger partial charge on any atom is 0.222 e. The molecule has 2 aromatic carbocycles. The predicted molar refractivity (Wildman–Crippen MR) is 98.0 cm³/mol. The lowest BCUT2D eigenvalue weighted by molar-refractivity contribution is -0.130. The van der Waals surface area contributed by atoms with Crippen LogP contribution in [-0.4, -0.2) is 30.4 Å². The number of hydrogen-bond donors (Lipinski definition) is 1. The number of nitrogens with zero attached hydrogens (tertiary/aromatic N) is 1. The third-order valence-corrected chi connectivity index (χ3v) is 4.37. The molecule has 1 N–H and O–H groups in total. The van der Waals surface area contributed by atoms with Crippen molar-refractivity contribution < 1.29 is 4.79 Å². The fraction of sp³-hybridized carbons (Fsp3) is 0.421. The molecular formula is C19H25ClN2O. The second kappa shape index (κ2) is 8.90. The highest BCUT2D eigenvalue weighted by atomic mass is 35.5. The Labute approximate surface area is 144 Å². The third kappa shape index (κ3) is 4.95. The van der Waals surface area contributed by atoms with E-state index in [0.29, 0.717) is 5.91 Å². The molecule has 1 fully saturated rings. The molecule has 1 saturated heterocycles. The van der Waals surface area contributed by atoms with Crippen LogP contribution in [0.5, 0.6) is 0 Å². The van der Waals surface area contributed by atoms with Crippen LogP contribution in [0.25, 0.3) is 10.8 Å². The maximum atomic E-state index is 11.9. The molecule has 0 radical (unpaired) electrons. The van der Waals surface area contributed by atoms with Crippen LogP contribution < -0.4 is 5.32 Å². The Kier molecular flexibility index (Phi) is 6.87. The molecule has 0 unspecified atom stereocenters. The molecule has 0 aliphatic carbocycles. The van der Waals surface area contributed by atoms with Crippen LogP contribution in [0.3, 0.4) is 0 Å². The first kappa shape index (κ1) is 17.8. The Bertz CT molecular complexity index is 644. The zero-order valence-electron chi connectivity index (χ0n) is 13.5. The lowest BCUT2D eigenvalue weighted by Crippen LogP contribution is -2.36. The molecule has 2 aromatic rings. The van der Waals surface area contributed by atoms with E-state index < -0.39 is 0 Å². The van der Waals surface area contributed by atoms with E-state index >= 15 is 0 Å². The van der Waals surface area contributed by atoms with Gasteiger partial charge in [0.05, 0.1) is 0 Å². The van der Waals surface area contributed by atoms with E-state index in [-0.39, 0.29) is 12.4 Å². The maximum absolute atomic E-state index is 11.9. The molecule has 1 heterocycles. The van der Waals surface area contributed by atoms with Gasteiger partial charge in [-0.2, -0.15) is 0 Å². The number of carbonyl (C=O) groups excluding carboxylic acids is 1. The summed E-state index contributed by atoms with van der Waals surface area (Å²) in [4.78, 5) is 13.9. The molecule has 3 rings (SSSR count). The first-order chi connectivity index (χ1) is 10.8. The average Bonchev–Trinajstić information content (AvgIpc) is 2.76. The van der Waals surface area contributed by atoms with Crippen molar-refractivity contribution in [2.24, 2.45) is 0 Å². The van der Waals surface area contributed by atoms with Gasteiger partial charge in [-0.3, -0.25) is 4.79 Å². The molecule has 1 amide bonds. The van der Waals surface area contributed by atoms with Crippen LogP contribution in [-0.2, 0) is 11.3 Å². The Morgan fingerprint density at radius 3 is 2.70 bits per heavy atom. The van der Waals surface area contributed by atoms with Crippen LogP contribution in [0, 0.1) is 0 Å². The van der Waals surface area contributed by atoms with Crippen LogP contribution in [0.4, 0.5) is 0 Å². The molecule has 0 saturated carbocycles. The van der Waals surface area contributed by atoms with E-state index in [4.69, 9.17) is 0 Å². The predicted octanol–water partition coefficient (Wildman–Crippen LogP) is 3.75. The molecular weight excluding hydrogens is 308 g/mol. The minimum Gasteiger partial charge on any atom is -0.341 e. The highest BCUT2D eigenvalue weighted by Gasteiger charge is 2.15. The fourth-order valence-corrected chi connectivity index (χ4v) is 3.07. The van der Waals surface area contributed by atoms with E-state index in [1.165, 1.54) is 22.8 Å². The van der Waals surface area contributed by atoms with Gasteiger partial charge in [-0.05, 0) is 35.2 Å². The molecule has 124 valence electrons. The summed E-state index contributed by atoms with van der Waals surface area (Å²) in [5, 5.41) is 6.02. The minimum atomic E-state index is 0. The molecule has 1 aliphatic rings. The minimum absolute atomic E-state index is 0. The molecule has 23 heavy (non-hydrogen) atoms. The van der Waals surface area contributed by atoms with E-state index in [9.17, 15) is 4.79 Å². The fourth-order valence-electron chi connectivity index (χ4n) is 3.07. The highest BCUT2D eigenvalue weighted by Crippen LogP contribution is 2.15. The summed E-state index contributed by atoms with van der Waals surface area (Å²) in [5.74, 6) is 0.324. The first-order valence-electron chi connectivity index (χ1n) is 8.29. The van der Waals surface area contributed by atoms with E-state index in [0.717, 1.165) is 45.4 Å². The van der Waals surface area contributed by atoms with Gasteiger partial charge in [0, 0.05) is 32.6 Å². The van der Waals surface area contributed by atoms with Crippen molar-refractivity contribution in [1.29, 1.82) is 0 Å². The number of halogens is 1. The second-order valence-corrected chi connectivity index (χ2v) is 6.05. The van der Waals surface area contributed by atoms with Crippen molar-refractivity contribution in [2.75, 3.05) is 19.6 Å². The number of rotatable bonds is 5. The number of likely N-dealkylation sites (tertiary alicyclic amines) is 1.